The number of hydrogen-bond acceptors (Lipinski definition) is 5. The third-order valence-corrected chi connectivity index (χ3v) is 3.31. The van der Waals surface area contributed by atoms with E-state index in [4.69, 9.17) is 5.84 Å². The number of nitrogens with two attached hydrogens (primary N) is 1. The summed E-state index contributed by atoms with van der Waals surface area (Å²) in [5.41, 5.74) is 3.71. The summed E-state index contributed by atoms with van der Waals surface area (Å²) in [5.74, 6) is 8.28. The van der Waals surface area contributed by atoms with Crippen LogP contribution in [0.4, 0.5) is 11.6 Å². The highest BCUT2D eigenvalue weighted by molar-refractivity contribution is 5.58. The van der Waals surface area contributed by atoms with E-state index < -0.39 is 0 Å². The Bertz CT molecular complexity index is 384. The minimum Gasteiger partial charge on any atom is -0.367 e. The van der Waals surface area contributed by atoms with Crippen molar-refractivity contribution in [3.05, 3.63) is 11.9 Å². The molecule has 1 aromatic rings. The predicted molar refractivity (Wildman–Crippen MR) is 69.7 cm³/mol. The van der Waals surface area contributed by atoms with Gasteiger partial charge in [0.05, 0.1) is 0 Å². The summed E-state index contributed by atoms with van der Waals surface area (Å²) in [7, 11) is 0. The van der Waals surface area contributed by atoms with Crippen molar-refractivity contribution >= 4 is 11.6 Å². The lowest BCUT2D eigenvalue weighted by Crippen LogP contribution is -2.34. The summed E-state index contributed by atoms with van der Waals surface area (Å²) in [6.45, 7) is 6.51. The van der Waals surface area contributed by atoms with Gasteiger partial charge in [-0.2, -0.15) is 0 Å². The van der Waals surface area contributed by atoms with Gasteiger partial charge in [-0.25, -0.2) is 15.8 Å². The van der Waals surface area contributed by atoms with E-state index in [0.29, 0.717) is 17.8 Å². The molecule has 0 spiro atoms. The Hall–Kier alpha value is -1.36. The zero-order chi connectivity index (χ0) is 12.4. The van der Waals surface area contributed by atoms with Crippen molar-refractivity contribution < 1.29 is 0 Å². The van der Waals surface area contributed by atoms with Crippen molar-refractivity contribution in [2.24, 2.45) is 11.8 Å². The number of nitrogens with one attached hydrogen (secondary N) is 2. The number of nitrogen functional groups attached to an aromatic ring is 1. The first-order valence-electron chi connectivity index (χ1n) is 6.19. The fraction of sp³-hybridized carbons (Fsp3) is 0.667. The van der Waals surface area contributed by atoms with Crippen LogP contribution in [0.5, 0.6) is 0 Å². The van der Waals surface area contributed by atoms with E-state index in [0.717, 1.165) is 17.3 Å². The number of anilines is 2. The number of rotatable bonds is 4. The molecule has 0 unspecified atom stereocenters. The van der Waals surface area contributed by atoms with Crippen LogP contribution in [0.15, 0.2) is 6.33 Å². The monoisotopic (exact) mass is 235 g/mol. The van der Waals surface area contributed by atoms with Crippen LogP contribution in [-0.4, -0.2) is 16.0 Å². The molecule has 0 aromatic carbocycles. The number of nitrogens with zero attached hydrogens (tertiary/aromatic N) is 2. The van der Waals surface area contributed by atoms with Gasteiger partial charge >= 0.3 is 0 Å². The van der Waals surface area contributed by atoms with Crippen molar-refractivity contribution in [3.8, 4) is 0 Å². The van der Waals surface area contributed by atoms with Gasteiger partial charge in [0.2, 0.25) is 0 Å². The van der Waals surface area contributed by atoms with Gasteiger partial charge < -0.3 is 10.7 Å². The minimum absolute atomic E-state index is 0.335. The van der Waals surface area contributed by atoms with Crippen LogP contribution in [-0.2, 0) is 0 Å². The fourth-order valence-corrected chi connectivity index (χ4v) is 2.39. The molecular formula is C12H21N5. The molecule has 1 fully saturated rings. The molecule has 17 heavy (non-hydrogen) atoms. The molecule has 1 heterocycles. The summed E-state index contributed by atoms with van der Waals surface area (Å²) >= 11 is 0. The molecule has 5 heteroatoms. The Morgan fingerprint density at radius 3 is 2.47 bits per heavy atom. The summed E-state index contributed by atoms with van der Waals surface area (Å²) in [4.78, 5) is 8.50. The van der Waals surface area contributed by atoms with E-state index in [1.165, 1.54) is 12.8 Å². The van der Waals surface area contributed by atoms with Gasteiger partial charge in [0.15, 0.2) is 0 Å². The van der Waals surface area contributed by atoms with Gasteiger partial charge in [0.1, 0.15) is 18.0 Å². The molecule has 1 saturated carbocycles. The topological polar surface area (TPSA) is 75.9 Å². The van der Waals surface area contributed by atoms with Gasteiger partial charge in [-0.3, -0.25) is 0 Å². The molecule has 1 aromatic heterocycles. The number of aromatic nitrogens is 2. The smallest absolute Gasteiger partial charge is 0.148 e. The van der Waals surface area contributed by atoms with Crippen molar-refractivity contribution in [1.82, 2.24) is 9.97 Å². The van der Waals surface area contributed by atoms with Gasteiger partial charge in [-0.05, 0) is 24.7 Å². The quantitative estimate of drug-likeness (QED) is 0.550. The molecule has 0 atom stereocenters. The van der Waals surface area contributed by atoms with Gasteiger partial charge in [-0.15, -0.1) is 0 Å². The van der Waals surface area contributed by atoms with Crippen LogP contribution in [0.1, 0.15) is 45.1 Å². The minimum atomic E-state index is 0.335. The Morgan fingerprint density at radius 1 is 1.29 bits per heavy atom. The molecule has 4 N–H and O–H groups in total. The second-order valence-electron chi connectivity index (χ2n) is 5.20. The molecule has 1 aliphatic rings. The highest BCUT2D eigenvalue weighted by Gasteiger charge is 2.27. The first kappa shape index (κ1) is 12.1. The maximum absolute atomic E-state index is 5.49. The first-order valence-corrected chi connectivity index (χ1v) is 6.19. The molecule has 0 amide bonds. The van der Waals surface area contributed by atoms with E-state index >= 15 is 0 Å². The predicted octanol–water partition coefficient (Wildman–Crippen LogP) is 2.10. The lowest BCUT2D eigenvalue weighted by atomic mass is 9.82. The lowest BCUT2D eigenvalue weighted by molar-refractivity contribution is 0.308. The van der Waals surface area contributed by atoms with Gasteiger partial charge in [-0.1, -0.05) is 20.8 Å². The Kier molecular flexibility index (Phi) is 3.47. The lowest BCUT2D eigenvalue weighted by Gasteiger charge is -2.34. The Labute approximate surface area is 102 Å². The third kappa shape index (κ3) is 2.49. The highest BCUT2D eigenvalue weighted by Crippen LogP contribution is 2.33. The van der Waals surface area contributed by atoms with Gasteiger partial charge in [0.25, 0.3) is 0 Å². The zero-order valence-electron chi connectivity index (χ0n) is 10.7. The molecule has 0 saturated heterocycles. The Balaban J connectivity index is 2.20. The summed E-state index contributed by atoms with van der Waals surface area (Å²) in [6, 6.07) is 0.544. The molecule has 94 valence electrons. The second-order valence-corrected chi connectivity index (χ2v) is 5.20. The van der Waals surface area contributed by atoms with Crippen LogP contribution in [0.2, 0.25) is 0 Å². The van der Waals surface area contributed by atoms with E-state index in [1.807, 2.05) is 0 Å². The van der Waals surface area contributed by atoms with E-state index in [1.54, 1.807) is 6.33 Å². The molecule has 1 aliphatic carbocycles. The number of hydrogen-bond donors (Lipinski definition) is 3. The van der Waals surface area contributed by atoms with E-state index in [2.05, 4.69) is 41.5 Å². The third-order valence-electron chi connectivity index (χ3n) is 3.31. The fourth-order valence-electron chi connectivity index (χ4n) is 2.39. The van der Waals surface area contributed by atoms with Crippen molar-refractivity contribution in [3.63, 3.8) is 0 Å². The molecule has 5 nitrogen and oxygen atoms in total. The molecule has 0 radical (unpaired) electrons. The second kappa shape index (κ2) is 4.87. The summed E-state index contributed by atoms with van der Waals surface area (Å²) < 4.78 is 0. The van der Waals surface area contributed by atoms with Crippen LogP contribution in [0.3, 0.4) is 0 Å². The summed E-state index contributed by atoms with van der Waals surface area (Å²) in [5, 5.41) is 3.49. The van der Waals surface area contributed by atoms with E-state index in [-0.39, 0.29) is 0 Å². The van der Waals surface area contributed by atoms with Crippen LogP contribution in [0, 0.1) is 5.92 Å². The van der Waals surface area contributed by atoms with E-state index in [9.17, 15) is 0 Å². The highest BCUT2D eigenvalue weighted by atomic mass is 15.3. The summed E-state index contributed by atoms with van der Waals surface area (Å²) in [6.07, 6.45) is 3.98. The molecule has 2 rings (SSSR count). The van der Waals surface area contributed by atoms with Crippen molar-refractivity contribution in [2.75, 3.05) is 10.7 Å². The molecule has 0 aliphatic heterocycles. The first-order chi connectivity index (χ1) is 8.11. The molecule has 0 bridgehead atoms. The van der Waals surface area contributed by atoms with Gasteiger partial charge in [0, 0.05) is 11.6 Å². The average molecular weight is 235 g/mol. The SMILES string of the molecule is CC1CC(Nc2ncnc(NN)c2C(C)C)C1. The van der Waals surface area contributed by atoms with Crippen LogP contribution >= 0.6 is 0 Å². The largest absolute Gasteiger partial charge is 0.367 e. The van der Waals surface area contributed by atoms with Crippen LogP contribution in [0.25, 0.3) is 0 Å². The number of hydrazine groups is 1. The zero-order valence-corrected chi connectivity index (χ0v) is 10.7. The van der Waals surface area contributed by atoms with Crippen molar-refractivity contribution in [2.45, 2.75) is 45.6 Å². The Morgan fingerprint density at radius 2 is 1.94 bits per heavy atom. The standard InChI is InChI=1S/C12H21N5/c1-7(2)10-11(14-6-15-12(10)17-13)16-9-4-8(3)5-9/h6-9H,4-5,13H2,1-3H3,(H2,14,15,16,17). The van der Waals surface area contributed by atoms with Crippen molar-refractivity contribution in [1.29, 1.82) is 0 Å². The average Bonchev–Trinajstić information content (AvgIpc) is 2.26. The molecular weight excluding hydrogens is 214 g/mol. The van der Waals surface area contributed by atoms with Crippen LogP contribution < -0.4 is 16.6 Å². The maximum Gasteiger partial charge on any atom is 0.148 e. The maximum atomic E-state index is 5.49. The normalized spacial score (nSPS) is 23.4.